The summed E-state index contributed by atoms with van der Waals surface area (Å²) in [7, 11) is 0. The Morgan fingerprint density at radius 3 is 2.38 bits per heavy atom. The second-order valence-corrected chi connectivity index (χ2v) is 9.42. The summed E-state index contributed by atoms with van der Waals surface area (Å²) in [4.78, 5) is 38.6. The number of ether oxygens (including phenoxy) is 4. The van der Waals surface area contributed by atoms with E-state index in [4.69, 9.17) is 18.9 Å². The lowest BCUT2D eigenvalue weighted by atomic mass is 9.76. The van der Waals surface area contributed by atoms with Crippen LogP contribution in [0.15, 0.2) is 34.9 Å². The van der Waals surface area contributed by atoms with Crippen molar-refractivity contribution in [3.8, 4) is 0 Å². The van der Waals surface area contributed by atoms with Crippen molar-refractivity contribution in [2.24, 2.45) is 5.92 Å². The molecule has 7 heteroatoms. The first-order chi connectivity index (χ1) is 15.0. The Kier molecular flexibility index (Phi) is 6.70. The summed E-state index contributed by atoms with van der Waals surface area (Å²) in [6.07, 6.45) is 5.60. The van der Waals surface area contributed by atoms with Gasteiger partial charge in [-0.05, 0) is 61.3 Å². The minimum Gasteiger partial charge on any atom is -0.458 e. The molecule has 7 nitrogen and oxygen atoms in total. The Hall–Kier alpha value is -2.41. The van der Waals surface area contributed by atoms with Crippen LogP contribution in [0.4, 0.5) is 0 Å². The molecule has 32 heavy (non-hydrogen) atoms. The van der Waals surface area contributed by atoms with Gasteiger partial charge in [-0.25, -0.2) is 14.4 Å². The molecule has 2 fully saturated rings. The summed E-state index contributed by atoms with van der Waals surface area (Å²) < 4.78 is 23.6. The third kappa shape index (κ3) is 4.40. The first-order valence-electron chi connectivity index (χ1n) is 11.2. The Balaban J connectivity index is 2.08. The van der Waals surface area contributed by atoms with E-state index in [1.165, 1.54) is 0 Å². The molecule has 0 aromatic heterocycles. The maximum absolute atomic E-state index is 13.1. The predicted octanol–water partition coefficient (Wildman–Crippen LogP) is 3.96. The van der Waals surface area contributed by atoms with E-state index in [0.29, 0.717) is 17.6 Å². The van der Waals surface area contributed by atoms with E-state index in [1.807, 2.05) is 13.8 Å². The zero-order valence-corrected chi connectivity index (χ0v) is 20.0. The molecule has 2 heterocycles. The van der Waals surface area contributed by atoms with Crippen LogP contribution in [0, 0.1) is 5.92 Å². The average molecular weight is 447 g/mol. The second-order valence-electron chi connectivity index (χ2n) is 9.42. The maximum atomic E-state index is 13.1. The van der Waals surface area contributed by atoms with Crippen molar-refractivity contribution in [2.75, 3.05) is 0 Å². The molecule has 0 aromatic carbocycles. The standard InChI is InChI=1S/C25H34O7/c1-8-15(4)21(26)30-19-18-17(13-14(3)11-10-12-24(6)20(19)31-24)29-23(28)25(18,7)32-22(27)16(5)9-2/h8-9,11,17-20H,10,12-13H2,1-7H3/b14-11+,15-8-,16-9-/t17-,18+,19+,20-,24-,25-/m1/s1. The van der Waals surface area contributed by atoms with Gasteiger partial charge in [0.15, 0.2) is 0 Å². The number of hydrogen-bond donors (Lipinski definition) is 0. The van der Waals surface area contributed by atoms with Gasteiger partial charge in [0.05, 0.1) is 11.5 Å². The zero-order chi connectivity index (χ0) is 23.8. The molecule has 0 radical (unpaired) electrons. The highest BCUT2D eigenvalue weighted by atomic mass is 16.7. The minimum absolute atomic E-state index is 0.379. The topological polar surface area (TPSA) is 91.4 Å². The zero-order valence-electron chi connectivity index (χ0n) is 20.0. The lowest BCUT2D eigenvalue weighted by Crippen LogP contribution is -2.52. The quantitative estimate of drug-likeness (QED) is 0.212. The monoisotopic (exact) mass is 446 g/mol. The fourth-order valence-electron chi connectivity index (χ4n) is 4.55. The van der Waals surface area contributed by atoms with Gasteiger partial charge in [-0.1, -0.05) is 23.8 Å². The number of fused-ring (bicyclic) bond motifs is 2. The summed E-state index contributed by atoms with van der Waals surface area (Å²) in [6.45, 7) is 12.3. The molecule has 0 aromatic rings. The number of allylic oxidation sites excluding steroid dienone is 3. The molecule has 2 aliphatic heterocycles. The molecule has 0 saturated carbocycles. The van der Waals surface area contributed by atoms with Crippen LogP contribution >= 0.6 is 0 Å². The van der Waals surface area contributed by atoms with Gasteiger partial charge < -0.3 is 18.9 Å². The predicted molar refractivity (Wildman–Crippen MR) is 117 cm³/mol. The van der Waals surface area contributed by atoms with E-state index >= 15 is 0 Å². The van der Waals surface area contributed by atoms with Crippen molar-refractivity contribution in [3.63, 3.8) is 0 Å². The van der Waals surface area contributed by atoms with E-state index in [-0.39, 0.29) is 0 Å². The van der Waals surface area contributed by atoms with Gasteiger partial charge in [-0.15, -0.1) is 0 Å². The smallest absolute Gasteiger partial charge is 0.351 e. The summed E-state index contributed by atoms with van der Waals surface area (Å²) in [6, 6.07) is 0. The van der Waals surface area contributed by atoms with Crippen LogP contribution in [-0.2, 0) is 33.3 Å². The van der Waals surface area contributed by atoms with Gasteiger partial charge in [-0.2, -0.15) is 0 Å². The van der Waals surface area contributed by atoms with E-state index in [0.717, 1.165) is 18.4 Å². The van der Waals surface area contributed by atoms with Gasteiger partial charge in [0.25, 0.3) is 0 Å². The van der Waals surface area contributed by atoms with E-state index in [2.05, 4.69) is 6.08 Å². The molecular formula is C25H34O7. The first-order valence-corrected chi connectivity index (χ1v) is 11.2. The van der Waals surface area contributed by atoms with Crippen LogP contribution in [0.5, 0.6) is 0 Å². The number of rotatable bonds is 4. The third-order valence-corrected chi connectivity index (χ3v) is 7.01. The highest BCUT2D eigenvalue weighted by molar-refractivity contribution is 5.92. The highest BCUT2D eigenvalue weighted by Gasteiger charge is 2.68. The number of carbonyl (C=O) groups excluding carboxylic acids is 3. The van der Waals surface area contributed by atoms with Gasteiger partial charge in [-0.3, -0.25) is 0 Å². The molecule has 0 amide bonds. The van der Waals surface area contributed by atoms with E-state index in [1.54, 1.807) is 46.8 Å². The average Bonchev–Trinajstić information content (AvgIpc) is 3.35. The van der Waals surface area contributed by atoms with Crippen molar-refractivity contribution in [2.45, 2.75) is 97.2 Å². The van der Waals surface area contributed by atoms with Gasteiger partial charge in [0.2, 0.25) is 5.60 Å². The van der Waals surface area contributed by atoms with Crippen LogP contribution in [0.25, 0.3) is 0 Å². The fraction of sp³-hybridized carbons (Fsp3) is 0.640. The molecule has 0 unspecified atom stereocenters. The Bertz CT molecular complexity index is 898. The third-order valence-electron chi connectivity index (χ3n) is 7.01. The van der Waals surface area contributed by atoms with Crippen LogP contribution in [0.2, 0.25) is 0 Å². The van der Waals surface area contributed by atoms with Crippen LogP contribution in [-0.4, -0.2) is 47.4 Å². The molecule has 2 saturated heterocycles. The number of hydrogen-bond acceptors (Lipinski definition) is 7. The number of epoxide rings is 1. The molecule has 3 aliphatic rings. The molecule has 176 valence electrons. The molecule has 0 bridgehead atoms. The SMILES string of the molecule is C/C=C(/C)C(=O)O[C@H]1[C@@H]2[C@@H](C/C(C)=C/CC[C@@]3(C)O[C@H]13)OC(=O)[C@]2(C)OC(=O)/C(C)=C\C. The van der Waals surface area contributed by atoms with Gasteiger partial charge in [0, 0.05) is 17.6 Å². The fourth-order valence-corrected chi connectivity index (χ4v) is 4.55. The van der Waals surface area contributed by atoms with Crippen molar-refractivity contribution in [1.29, 1.82) is 0 Å². The van der Waals surface area contributed by atoms with E-state index < -0.39 is 53.3 Å². The Morgan fingerprint density at radius 1 is 1.12 bits per heavy atom. The summed E-state index contributed by atoms with van der Waals surface area (Å²) in [5.74, 6) is -2.45. The largest absolute Gasteiger partial charge is 0.458 e. The van der Waals surface area contributed by atoms with Crippen LogP contribution in [0.1, 0.15) is 67.7 Å². The Morgan fingerprint density at radius 2 is 1.75 bits per heavy atom. The summed E-state index contributed by atoms with van der Waals surface area (Å²) in [5.41, 5.74) is -0.225. The van der Waals surface area contributed by atoms with Crippen molar-refractivity contribution in [3.05, 3.63) is 34.9 Å². The normalized spacial score (nSPS) is 39.1. The summed E-state index contributed by atoms with van der Waals surface area (Å²) in [5, 5.41) is 0. The molecule has 3 rings (SSSR count). The number of carbonyl (C=O) groups is 3. The molecule has 0 N–H and O–H groups in total. The van der Waals surface area contributed by atoms with Gasteiger partial charge >= 0.3 is 17.9 Å². The first kappa shape index (κ1) is 24.2. The maximum Gasteiger partial charge on any atom is 0.351 e. The lowest BCUT2D eigenvalue weighted by molar-refractivity contribution is -0.176. The minimum atomic E-state index is -1.62. The molecule has 1 aliphatic carbocycles. The summed E-state index contributed by atoms with van der Waals surface area (Å²) >= 11 is 0. The number of esters is 3. The molecule has 0 spiro atoms. The second kappa shape index (κ2) is 8.85. The van der Waals surface area contributed by atoms with Gasteiger partial charge in [0.1, 0.15) is 18.3 Å². The molecular weight excluding hydrogens is 412 g/mol. The van der Waals surface area contributed by atoms with Crippen molar-refractivity contribution >= 4 is 17.9 Å². The van der Waals surface area contributed by atoms with Crippen LogP contribution in [0.3, 0.4) is 0 Å². The van der Waals surface area contributed by atoms with E-state index in [9.17, 15) is 14.4 Å². The van der Waals surface area contributed by atoms with Crippen molar-refractivity contribution < 1.29 is 33.3 Å². The molecule has 6 atom stereocenters. The van der Waals surface area contributed by atoms with Crippen LogP contribution < -0.4 is 0 Å². The Labute approximate surface area is 189 Å². The highest BCUT2D eigenvalue weighted by Crippen LogP contribution is 2.51. The van der Waals surface area contributed by atoms with Crippen molar-refractivity contribution in [1.82, 2.24) is 0 Å². The lowest BCUT2D eigenvalue weighted by Gasteiger charge is -2.35.